The maximum Gasteiger partial charge on any atom is 0.331 e. The van der Waals surface area contributed by atoms with Crippen LogP contribution in [0.15, 0.2) is 11.6 Å². The number of rotatable bonds is 1. The van der Waals surface area contributed by atoms with Crippen molar-refractivity contribution in [3.8, 4) is 0 Å². The summed E-state index contributed by atoms with van der Waals surface area (Å²) >= 11 is 0. The van der Waals surface area contributed by atoms with Crippen molar-refractivity contribution in [3.05, 3.63) is 11.6 Å². The zero-order valence-corrected chi connectivity index (χ0v) is 7.18. The van der Waals surface area contributed by atoms with E-state index >= 15 is 0 Å². The van der Waals surface area contributed by atoms with E-state index in [4.69, 9.17) is 10.8 Å². The predicted molar refractivity (Wildman–Crippen MR) is 45.1 cm³/mol. The average molecular weight is 196 g/mol. The number of hydrogen-bond acceptors (Lipinski definition) is 2. The van der Waals surface area contributed by atoms with E-state index < -0.39 is 18.2 Å². The minimum absolute atomic E-state index is 0. The lowest BCUT2D eigenvalue weighted by molar-refractivity contribution is -0.133. The number of halogens is 2. The highest BCUT2D eigenvalue weighted by Gasteiger charge is 2.23. The van der Waals surface area contributed by atoms with Crippen molar-refractivity contribution in [2.24, 2.45) is 5.73 Å². The van der Waals surface area contributed by atoms with Gasteiger partial charge in [-0.2, -0.15) is 0 Å². The van der Waals surface area contributed by atoms with Crippen LogP contribution in [0.25, 0.3) is 0 Å². The van der Waals surface area contributed by atoms with Crippen LogP contribution in [0, 0.1) is 0 Å². The Bertz CT molecular complexity index is 208. The lowest BCUT2D eigenvalue weighted by Crippen LogP contribution is -2.33. The Morgan fingerprint density at radius 3 is 2.75 bits per heavy atom. The van der Waals surface area contributed by atoms with Gasteiger partial charge in [-0.05, 0) is 12.8 Å². The van der Waals surface area contributed by atoms with E-state index in [9.17, 15) is 9.18 Å². The number of carboxylic acids is 1. The third-order valence-electron chi connectivity index (χ3n) is 1.78. The van der Waals surface area contributed by atoms with Gasteiger partial charge in [0.05, 0.1) is 6.04 Å². The van der Waals surface area contributed by atoms with Gasteiger partial charge in [0.25, 0.3) is 0 Å². The highest BCUT2D eigenvalue weighted by Crippen LogP contribution is 2.19. The largest absolute Gasteiger partial charge is 0.478 e. The summed E-state index contributed by atoms with van der Waals surface area (Å²) in [5, 5.41) is 8.50. The Morgan fingerprint density at radius 1 is 1.75 bits per heavy atom. The molecule has 1 aliphatic carbocycles. The Morgan fingerprint density at radius 2 is 2.33 bits per heavy atom. The summed E-state index contributed by atoms with van der Waals surface area (Å²) in [6, 6.07) is -0.741. The summed E-state index contributed by atoms with van der Waals surface area (Å²) in [6.07, 6.45) is 0.707. The first-order valence-corrected chi connectivity index (χ1v) is 3.45. The molecule has 0 radical (unpaired) electrons. The van der Waals surface area contributed by atoms with Gasteiger partial charge in [-0.3, -0.25) is 0 Å². The monoisotopic (exact) mass is 195 g/mol. The summed E-state index contributed by atoms with van der Waals surface area (Å²) in [5.41, 5.74) is 5.52. The van der Waals surface area contributed by atoms with E-state index in [0.29, 0.717) is 0 Å². The zero-order valence-electron chi connectivity index (χ0n) is 6.37. The normalized spacial score (nSPS) is 28.7. The SMILES string of the molecule is Cl.N[C@H]1C=C(C(=O)O)CC[C@@H]1F. The molecule has 1 aliphatic rings. The quantitative estimate of drug-likeness (QED) is 0.653. The summed E-state index contributed by atoms with van der Waals surface area (Å²) in [7, 11) is 0. The van der Waals surface area contributed by atoms with Crippen molar-refractivity contribution in [1.29, 1.82) is 0 Å². The summed E-state index contributed by atoms with van der Waals surface area (Å²) in [6.45, 7) is 0. The molecule has 0 heterocycles. The maximum absolute atomic E-state index is 12.7. The standard InChI is InChI=1S/C7H10FNO2.ClH/c8-5-2-1-4(7(10)11)3-6(5)9;/h3,5-6H,1-2,9H2,(H,10,11);1H/t5-,6-;/m0./s1. The second kappa shape index (κ2) is 4.42. The molecule has 0 unspecified atom stereocenters. The Balaban J connectivity index is 0.00000121. The topological polar surface area (TPSA) is 63.3 Å². The molecule has 0 aliphatic heterocycles. The van der Waals surface area contributed by atoms with Crippen molar-refractivity contribution in [3.63, 3.8) is 0 Å². The third kappa shape index (κ3) is 2.46. The average Bonchev–Trinajstić information content (AvgIpc) is 1.94. The Hall–Kier alpha value is -0.610. The van der Waals surface area contributed by atoms with Crippen LogP contribution in [-0.2, 0) is 4.79 Å². The fraction of sp³-hybridized carbons (Fsp3) is 0.571. The molecule has 0 amide bonds. The number of hydrogen-bond donors (Lipinski definition) is 2. The molecule has 2 atom stereocenters. The lowest BCUT2D eigenvalue weighted by Gasteiger charge is -2.19. The highest BCUT2D eigenvalue weighted by atomic mass is 35.5. The van der Waals surface area contributed by atoms with Crippen LogP contribution in [-0.4, -0.2) is 23.3 Å². The second-order valence-corrected chi connectivity index (χ2v) is 2.63. The minimum Gasteiger partial charge on any atom is -0.478 e. The smallest absolute Gasteiger partial charge is 0.331 e. The summed E-state index contributed by atoms with van der Waals surface area (Å²) in [4.78, 5) is 10.4. The molecule has 3 N–H and O–H groups in total. The van der Waals surface area contributed by atoms with E-state index in [1.54, 1.807) is 0 Å². The molecule has 0 fully saturated rings. The number of carboxylic acid groups (broad SMARTS) is 1. The molecule has 0 aromatic rings. The van der Waals surface area contributed by atoms with Crippen molar-refractivity contribution in [2.75, 3.05) is 0 Å². The molecule has 0 aromatic heterocycles. The van der Waals surface area contributed by atoms with Crippen molar-refractivity contribution in [1.82, 2.24) is 0 Å². The molecule has 70 valence electrons. The fourth-order valence-corrected chi connectivity index (χ4v) is 1.08. The molecule has 1 rings (SSSR count). The van der Waals surface area contributed by atoms with E-state index in [2.05, 4.69) is 0 Å². The van der Waals surface area contributed by atoms with E-state index in [0.717, 1.165) is 0 Å². The molecule has 0 saturated carbocycles. The van der Waals surface area contributed by atoms with Crippen molar-refractivity contribution >= 4 is 18.4 Å². The number of alkyl halides is 1. The molecule has 12 heavy (non-hydrogen) atoms. The third-order valence-corrected chi connectivity index (χ3v) is 1.78. The molecule has 0 saturated heterocycles. The second-order valence-electron chi connectivity index (χ2n) is 2.63. The van der Waals surface area contributed by atoms with Crippen molar-refractivity contribution < 1.29 is 14.3 Å². The molecular formula is C7H11ClFNO2. The van der Waals surface area contributed by atoms with Gasteiger partial charge in [-0.1, -0.05) is 6.08 Å². The van der Waals surface area contributed by atoms with Crippen LogP contribution >= 0.6 is 12.4 Å². The highest BCUT2D eigenvalue weighted by molar-refractivity contribution is 5.86. The number of nitrogens with two attached hydrogens (primary N) is 1. The van der Waals surface area contributed by atoms with Crippen LogP contribution in [0.3, 0.4) is 0 Å². The van der Waals surface area contributed by atoms with E-state index in [1.807, 2.05) is 0 Å². The van der Waals surface area contributed by atoms with Gasteiger partial charge in [0.2, 0.25) is 0 Å². The van der Waals surface area contributed by atoms with Crippen LogP contribution in [0.5, 0.6) is 0 Å². The van der Waals surface area contributed by atoms with Gasteiger partial charge in [0, 0.05) is 5.57 Å². The van der Waals surface area contributed by atoms with Crippen molar-refractivity contribution in [2.45, 2.75) is 25.1 Å². The van der Waals surface area contributed by atoms with Gasteiger partial charge < -0.3 is 10.8 Å². The fourth-order valence-electron chi connectivity index (χ4n) is 1.08. The van der Waals surface area contributed by atoms with Gasteiger partial charge in [-0.15, -0.1) is 12.4 Å². The summed E-state index contributed by atoms with van der Waals surface area (Å²) in [5.74, 6) is -0.993. The van der Waals surface area contributed by atoms with Crippen LogP contribution in [0.4, 0.5) is 4.39 Å². The molecule has 3 nitrogen and oxygen atoms in total. The first kappa shape index (κ1) is 11.4. The first-order chi connectivity index (χ1) is 5.11. The molecule has 0 aromatic carbocycles. The van der Waals surface area contributed by atoms with Gasteiger partial charge in [0.15, 0.2) is 0 Å². The predicted octanol–water partition coefficient (Wildman–Crippen LogP) is 0.878. The maximum atomic E-state index is 12.7. The van der Waals surface area contributed by atoms with Crippen LogP contribution < -0.4 is 5.73 Å². The van der Waals surface area contributed by atoms with Gasteiger partial charge in [-0.25, -0.2) is 9.18 Å². The van der Waals surface area contributed by atoms with Gasteiger partial charge in [0.1, 0.15) is 6.17 Å². The van der Waals surface area contributed by atoms with Crippen LogP contribution in [0.2, 0.25) is 0 Å². The Labute approximate surface area is 75.8 Å². The lowest BCUT2D eigenvalue weighted by atomic mass is 9.95. The number of carbonyl (C=O) groups is 1. The molecular weight excluding hydrogens is 185 g/mol. The summed E-state index contributed by atoms with van der Waals surface area (Å²) < 4.78 is 12.7. The first-order valence-electron chi connectivity index (χ1n) is 3.45. The molecule has 5 heteroatoms. The van der Waals surface area contributed by atoms with E-state index in [1.165, 1.54) is 6.08 Å². The molecule has 0 spiro atoms. The Kier molecular flexibility index (Phi) is 4.20. The van der Waals surface area contributed by atoms with E-state index in [-0.39, 0.29) is 30.8 Å². The van der Waals surface area contributed by atoms with Crippen LogP contribution in [0.1, 0.15) is 12.8 Å². The zero-order chi connectivity index (χ0) is 8.43. The minimum atomic E-state index is -1.09. The van der Waals surface area contributed by atoms with Gasteiger partial charge >= 0.3 is 5.97 Å². The number of aliphatic carboxylic acids is 1. The molecule has 0 bridgehead atoms.